The molecule has 0 aromatic carbocycles. The van der Waals surface area contributed by atoms with Crippen LogP contribution in [0.2, 0.25) is 0 Å². The van der Waals surface area contributed by atoms with Crippen LogP contribution in [-0.2, 0) is 4.79 Å². The maximum Gasteiger partial charge on any atom is 0.303 e. The van der Waals surface area contributed by atoms with E-state index in [2.05, 4.69) is 19.1 Å². The maximum absolute atomic E-state index is 10.5. The molecule has 1 rings (SSSR count). The van der Waals surface area contributed by atoms with Crippen LogP contribution in [0, 0.1) is 11.8 Å². The summed E-state index contributed by atoms with van der Waals surface area (Å²) in [6.07, 6.45) is 14.9. The predicted octanol–water partition coefficient (Wildman–Crippen LogP) is 3.82. The van der Waals surface area contributed by atoms with Crippen molar-refractivity contribution in [3.63, 3.8) is 0 Å². The lowest BCUT2D eigenvalue weighted by Gasteiger charge is -2.19. The first-order valence-corrected chi connectivity index (χ1v) is 10.5. The number of aliphatic hydroxyl groups excluding tert-OH is 3. The zero-order chi connectivity index (χ0) is 20.1. The highest BCUT2D eigenvalue weighted by Gasteiger charge is 2.39. The van der Waals surface area contributed by atoms with E-state index >= 15 is 0 Å². The molecule has 0 aliphatic heterocycles. The van der Waals surface area contributed by atoms with Gasteiger partial charge in [-0.3, -0.25) is 4.79 Å². The molecule has 1 aliphatic carbocycles. The van der Waals surface area contributed by atoms with Crippen molar-refractivity contribution in [3.05, 3.63) is 24.3 Å². The fraction of sp³-hybridized carbons (Fsp3) is 0.773. The predicted molar refractivity (Wildman–Crippen MR) is 107 cm³/mol. The van der Waals surface area contributed by atoms with Crippen LogP contribution in [-0.4, -0.2) is 44.7 Å². The summed E-state index contributed by atoms with van der Waals surface area (Å²) in [6.45, 7) is 2.18. The Balaban J connectivity index is 2.39. The smallest absolute Gasteiger partial charge is 0.303 e. The third kappa shape index (κ3) is 10.1. The Morgan fingerprint density at radius 1 is 1.07 bits per heavy atom. The number of aliphatic carboxylic acids is 1. The highest BCUT2D eigenvalue weighted by Crippen LogP contribution is 2.36. The Hall–Kier alpha value is -1.17. The molecule has 0 aromatic rings. The number of unbranched alkanes of at least 4 members (excludes halogenated alkanes) is 5. The summed E-state index contributed by atoms with van der Waals surface area (Å²) in [5.41, 5.74) is 0. The lowest BCUT2D eigenvalue weighted by atomic mass is 9.89. The zero-order valence-electron chi connectivity index (χ0n) is 16.7. The van der Waals surface area contributed by atoms with Gasteiger partial charge in [0.1, 0.15) is 0 Å². The van der Waals surface area contributed by atoms with Crippen molar-refractivity contribution >= 4 is 5.97 Å². The van der Waals surface area contributed by atoms with Crippen LogP contribution in [0.3, 0.4) is 0 Å². The van der Waals surface area contributed by atoms with E-state index in [1.54, 1.807) is 6.08 Å². The Morgan fingerprint density at radius 3 is 2.56 bits per heavy atom. The minimum atomic E-state index is -0.783. The Kier molecular flexibility index (Phi) is 12.3. The van der Waals surface area contributed by atoms with Gasteiger partial charge in [0, 0.05) is 18.8 Å². The van der Waals surface area contributed by atoms with E-state index in [0.717, 1.165) is 25.7 Å². The average molecular weight is 383 g/mol. The van der Waals surface area contributed by atoms with Crippen molar-refractivity contribution in [1.82, 2.24) is 0 Å². The number of carboxylic acid groups (broad SMARTS) is 1. The van der Waals surface area contributed by atoms with E-state index in [1.165, 1.54) is 19.3 Å². The molecular weight excluding hydrogens is 344 g/mol. The number of hydrogen-bond donors (Lipinski definition) is 4. The lowest BCUT2D eigenvalue weighted by Crippen LogP contribution is -2.20. The maximum atomic E-state index is 10.5. The van der Waals surface area contributed by atoms with Crippen LogP contribution in [0.15, 0.2) is 24.3 Å². The molecule has 156 valence electrons. The van der Waals surface area contributed by atoms with Gasteiger partial charge < -0.3 is 20.4 Å². The van der Waals surface area contributed by atoms with Crippen LogP contribution in [0.25, 0.3) is 0 Å². The first kappa shape index (κ1) is 23.9. The molecule has 1 aliphatic rings. The van der Waals surface area contributed by atoms with Gasteiger partial charge in [0.15, 0.2) is 0 Å². The van der Waals surface area contributed by atoms with Crippen LogP contribution in [0.5, 0.6) is 0 Å². The normalized spacial score (nSPS) is 27.0. The first-order chi connectivity index (χ1) is 13.0. The van der Waals surface area contributed by atoms with E-state index in [-0.39, 0.29) is 18.3 Å². The summed E-state index contributed by atoms with van der Waals surface area (Å²) in [4.78, 5) is 10.5. The molecule has 0 heterocycles. The van der Waals surface area contributed by atoms with Gasteiger partial charge in [0.25, 0.3) is 0 Å². The molecule has 0 amide bonds. The minimum Gasteiger partial charge on any atom is -0.481 e. The van der Waals surface area contributed by atoms with Crippen LogP contribution < -0.4 is 0 Å². The summed E-state index contributed by atoms with van der Waals surface area (Å²) in [6, 6.07) is 0. The van der Waals surface area contributed by atoms with E-state index in [4.69, 9.17) is 5.11 Å². The number of allylic oxidation sites excluding steroid dienone is 2. The van der Waals surface area contributed by atoms with Gasteiger partial charge in [-0.2, -0.15) is 0 Å². The van der Waals surface area contributed by atoms with Crippen LogP contribution >= 0.6 is 0 Å². The molecule has 27 heavy (non-hydrogen) atoms. The second kappa shape index (κ2) is 13.9. The Bertz CT molecular complexity index is 460. The molecule has 0 spiro atoms. The van der Waals surface area contributed by atoms with Gasteiger partial charge in [-0.25, -0.2) is 0 Å². The number of rotatable bonds is 14. The molecule has 4 N–H and O–H groups in total. The van der Waals surface area contributed by atoms with Crippen molar-refractivity contribution < 1.29 is 25.2 Å². The van der Waals surface area contributed by atoms with Crippen molar-refractivity contribution in [1.29, 1.82) is 0 Å². The molecule has 0 unspecified atom stereocenters. The van der Waals surface area contributed by atoms with Crippen molar-refractivity contribution in [2.75, 3.05) is 0 Å². The SMILES string of the molecule is CCCCC/C=C\C[C@@H]1[C@@H](/C=C/[C@@H](O)CCCCCC(=O)O)[C@@H](O)C[C@H]1O. The summed E-state index contributed by atoms with van der Waals surface area (Å²) in [5.74, 6) is -0.932. The largest absolute Gasteiger partial charge is 0.481 e. The number of hydrogen-bond acceptors (Lipinski definition) is 4. The number of carboxylic acids is 1. The molecular formula is C22H38O5. The van der Waals surface area contributed by atoms with Gasteiger partial charge in [0.2, 0.25) is 0 Å². The molecule has 5 atom stereocenters. The lowest BCUT2D eigenvalue weighted by molar-refractivity contribution is -0.137. The molecule has 5 heteroatoms. The highest BCUT2D eigenvalue weighted by atomic mass is 16.4. The van der Waals surface area contributed by atoms with Crippen molar-refractivity contribution in [2.24, 2.45) is 11.8 Å². The molecule has 0 saturated heterocycles. The highest BCUT2D eigenvalue weighted by molar-refractivity contribution is 5.66. The quantitative estimate of drug-likeness (QED) is 0.270. The Morgan fingerprint density at radius 2 is 1.85 bits per heavy atom. The third-order valence-electron chi connectivity index (χ3n) is 5.41. The monoisotopic (exact) mass is 382 g/mol. The van der Waals surface area contributed by atoms with Gasteiger partial charge in [-0.1, -0.05) is 56.9 Å². The molecule has 1 fully saturated rings. The fourth-order valence-electron chi connectivity index (χ4n) is 3.75. The summed E-state index contributed by atoms with van der Waals surface area (Å²) in [5, 5.41) is 39.2. The van der Waals surface area contributed by atoms with Crippen LogP contribution in [0.1, 0.15) is 77.6 Å². The Labute approximate surface area is 163 Å². The number of carbonyl (C=O) groups is 1. The topological polar surface area (TPSA) is 98.0 Å². The minimum absolute atomic E-state index is 0.0126. The number of aliphatic hydroxyl groups is 3. The van der Waals surface area contributed by atoms with E-state index in [9.17, 15) is 20.1 Å². The molecule has 0 bridgehead atoms. The van der Waals surface area contributed by atoms with Crippen molar-refractivity contribution in [3.8, 4) is 0 Å². The second-order valence-corrected chi connectivity index (χ2v) is 7.76. The molecule has 5 nitrogen and oxygen atoms in total. The summed E-state index contributed by atoms with van der Waals surface area (Å²) < 4.78 is 0. The van der Waals surface area contributed by atoms with Gasteiger partial charge >= 0.3 is 5.97 Å². The fourth-order valence-corrected chi connectivity index (χ4v) is 3.75. The van der Waals surface area contributed by atoms with E-state index in [1.807, 2.05) is 6.08 Å². The van der Waals surface area contributed by atoms with E-state index in [0.29, 0.717) is 19.3 Å². The molecule has 0 radical (unpaired) electrons. The van der Waals surface area contributed by atoms with Crippen LogP contribution in [0.4, 0.5) is 0 Å². The van der Waals surface area contributed by atoms with Gasteiger partial charge in [-0.05, 0) is 38.0 Å². The first-order valence-electron chi connectivity index (χ1n) is 10.5. The summed E-state index contributed by atoms with van der Waals surface area (Å²) in [7, 11) is 0. The van der Waals surface area contributed by atoms with Crippen molar-refractivity contribution in [2.45, 2.75) is 95.9 Å². The zero-order valence-corrected chi connectivity index (χ0v) is 16.7. The standard InChI is InChI=1S/C22H38O5/c1-2-3-4-5-6-9-12-18-19(21(25)16-20(18)24)15-14-17(23)11-8-7-10-13-22(26)27/h6,9,14-15,17-21,23-25H,2-5,7-8,10-13,16H2,1H3,(H,26,27)/b9-6-,15-14+/t17-,18+,19+,20+,21-/m0/s1. The second-order valence-electron chi connectivity index (χ2n) is 7.76. The third-order valence-corrected chi connectivity index (χ3v) is 5.41. The van der Waals surface area contributed by atoms with Gasteiger partial charge in [-0.15, -0.1) is 0 Å². The van der Waals surface area contributed by atoms with E-state index < -0.39 is 24.3 Å². The van der Waals surface area contributed by atoms with Gasteiger partial charge in [0.05, 0.1) is 18.3 Å². The molecule has 0 aromatic heterocycles. The summed E-state index contributed by atoms with van der Waals surface area (Å²) >= 11 is 0. The average Bonchev–Trinajstić information content (AvgIpc) is 2.88. The molecule has 1 saturated carbocycles.